The monoisotopic (exact) mass is 344 g/mol. The van der Waals surface area contributed by atoms with E-state index in [-0.39, 0.29) is 23.5 Å². The molecule has 2 heterocycles. The van der Waals surface area contributed by atoms with E-state index in [4.69, 9.17) is 5.73 Å². The lowest BCUT2D eigenvalue weighted by atomic mass is 10.2. The molecule has 0 fully saturated rings. The second-order valence-electron chi connectivity index (χ2n) is 5.41. The summed E-state index contributed by atoms with van der Waals surface area (Å²) in [6, 6.07) is 3.10. The molecule has 2 amide bonds. The zero-order valence-corrected chi connectivity index (χ0v) is 14.2. The molecule has 0 aliphatic carbocycles. The minimum Gasteiger partial charge on any atom is -0.371 e. The summed E-state index contributed by atoms with van der Waals surface area (Å²) in [6.07, 6.45) is 3.12. The first kappa shape index (κ1) is 18.0. The van der Waals surface area contributed by atoms with Gasteiger partial charge in [-0.1, -0.05) is 0 Å². The van der Waals surface area contributed by atoms with Gasteiger partial charge >= 0.3 is 0 Å². The number of primary amides is 1. The zero-order valence-electron chi connectivity index (χ0n) is 14.2. The maximum atomic E-state index is 12.1. The van der Waals surface area contributed by atoms with Crippen LogP contribution in [0.1, 0.15) is 27.8 Å². The number of carbonyl (C=O) groups is 2. The van der Waals surface area contributed by atoms with Crippen LogP contribution in [0.5, 0.6) is 0 Å². The van der Waals surface area contributed by atoms with Gasteiger partial charge in [-0.05, 0) is 19.1 Å². The number of nitrogens with zero attached hydrogens (tertiary/aromatic N) is 5. The normalized spacial score (nSPS) is 11.5. The summed E-state index contributed by atoms with van der Waals surface area (Å²) in [5, 5.41) is 13.3. The highest BCUT2D eigenvalue weighted by atomic mass is 16.2. The number of hydrogen-bond acceptors (Lipinski definition) is 8. The van der Waals surface area contributed by atoms with Crippen LogP contribution in [0.3, 0.4) is 0 Å². The first-order valence-electron chi connectivity index (χ1n) is 7.56. The Bertz CT molecular complexity index is 752. The molecule has 10 heteroatoms. The van der Waals surface area contributed by atoms with E-state index in [9.17, 15) is 9.59 Å². The van der Waals surface area contributed by atoms with E-state index < -0.39 is 5.91 Å². The Labute approximate surface area is 144 Å². The van der Waals surface area contributed by atoms with Crippen LogP contribution >= 0.6 is 0 Å². The fourth-order valence-electron chi connectivity index (χ4n) is 2.17. The number of nitrogens with two attached hydrogens (primary N) is 1. The van der Waals surface area contributed by atoms with Gasteiger partial charge in [-0.15, -0.1) is 10.2 Å². The van der Waals surface area contributed by atoms with Crippen LogP contribution in [-0.4, -0.2) is 58.7 Å². The van der Waals surface area contributed by atoms with Crippen molar-refractivity contribution in [2.75, 3.05) is 30.9 Å². The number of anilines is 2. The molecule has 2 aromatic rings. The van der Waals surface area contributed by atoms with Gasteiger partial charge < -0.3 is 21.3 Å². The van der Waals surface area contributed by atoms with E-state index in [0.717, 1.165) is 0 Å². The number of rotatable bonds is 7. The van der Waals surface area contributed by atoms with E-state index in [1.165, 1.54) is 0 Å². The molecule has 1 atom stereocenters. The Morgan fingerprint density at radius 2 is 1.96 bits per heavy atom. The van der Waals surface area contributed by atoms with Crippen LogP contribution in [-0.2, 0) is 0 Å². The van der Waals surface area contributed by atoms with Gasteiger partial charge in [0, 0.05) is 44.6 Å². The van der Waals surface area contributed by atoms with E-state index in [2.05, 4.69) is 30.8 Å². The summed E-state index contributed by atoms with van der Waals surface area (Å²) in [4.78, 5) is 33.2. The predicted octanol–water partition coefficient (Wildman–Crippen LogP) is -0.338. The summed E-state index contributed by atoms with van der Waals surface area (Å²) < 4.78 is 0. The van der Waals surface area contributed by atoms with Crippen LogP contribution in [0, 0.1) is 0 Å². The molecule has 2 aromatic heterocycles. The van der Waals surface area contributed by atoms with Crippen molar-refractivity contribution in [3.63, 3.8) is 0 Å². The lowest BCUT2D eigenvalue weighted by Crippen LogP contribution is -2.41. The molecule has 25 heavy (non-hydrogen) atoms. The van der Waals surface area contributed by atoms with Gasteiger partial charge in [-0.2, -0.15) is 4.98 Å². The molecule has 0 saturated carbocycles. The molecule has 2 rings (SSSR count). The highest BCUT2D eigenvalue weighted by Crippen LogP contribution is 2.12. The molecule has 0 spiro atoms. The van der Waals surface area contributed by atoms with Crippen LogP contribution < -0.4 is 21.3 Å². The van der Waals surface area contributed by atoms with Crippen LogP contribution in [0.15, 0.2) is 24.5 Å². The topological polar surface area (TPSA) is 139 Å². The quantitative estimate of drug-likeness (QED) is 0.620. The molecule has 0 aromatic carbocycles. The fraction of sp³-hybridized carbons (Fsp3) is 0.333. The van der Waals surface area contributed by atoms with Gasteiger partial charge in [-0.3, -0.25) is 14.6 Å². The number of likely N-dealkylation sites (N-methyl/N-ethyl adjacent to an activating group) is 1. The van der Waals surface area contributed by atoms with Crippen molar-refractivity contribution >= 4 is 23.6 Å². The molecule has 0 aliphatic rings. The third-order valence-corrected chi connectivity index (χ3v) is 3.35. The van der Waals surface area contributed by atoms with E-state index >= 15 is 0 Å². The molecule has 0 radical (unpaired) electrons. The molecule has 132 valence electrons. The largest absolute Gasteiger partial charge is 0.371 e. The number of hydrogen-bond donors (Lipinski definition) is 3. The second-order valence-corrected chi connectivity index (χ2v) is 5.41. The van der Waals surface area contributed by atoms with Gasteiger partial charge in [0.05, 0.1) is 0 Å². The van der Waals surface area contributed by atoms with Crippen molar-refractivity contribution in [3.8, 4) is 0 Å². The Morgan fingerprint density at radius 1 is 1.28 bits per heavy atom. The number of carbonyl (C=O) groups excluding carboxylic acids is 2. The van der Waals surface area contributed by atoms with E-state index in [1.54, 1.807) is 43.5 Å². The average molecular weight is 344 g/mol. The van der Waals surface area contributed by atoms with Crippen molar-refractivity contribution in [3.05, 3.63) is 35.8 Å². The summed E-state index contributed by atoms with van der Waals surface area (Å²) in [6.45, 7) is 2.30. The number of aromatic nitrogens is 4. The average Bonchev–Trinajstić information content (AvgIpc) is 2.61. The van der Waals surface area contributed by atoms with Gasteiger partial charge in [0.2, 0.25) is 5.95 Å². The molecule has 0 bridgehead atoms. The second kappa shape index (κ2) is 7.99. The first-order chi connectivity index (χ1) is 11.9. The highest BCUT2D eigenvalue weighted by Gasteiger charge is 2.17. The summed E-state index contributed by atoms with van der Waals surface area (Å²) in [5.41, 5.74) is 5.72. The Kier molecular flexibility index (Phi) is 5.77. The molecule has 10 nitrogen and oxygen atoms in total. The van der Waals surface area contributed by atoms with Crippen LogP contribution in [0.25, 0.3) is 0 Å². The predicted molar refractivity (Wildman–Crippen MR) is 92.3 cm³/mol. The Morgan fingerprint density at radius 3 is 2.56 bits per heavy atom. The van der Waals surface area contributed by atoms with Crippen LogP contribution in [0.2, 0.25) is 0 Å². The minimum absolute atomic E-state index is 0.0290. The van der Waals surface area contributed by atoms with E-state index in [0.29, 0.717) is 18.1 Å². The number of pyridine rings is 1. The zero-order chi connectivity index (χ0) is 18.4. The molecule has 0 aliphatic heterocycles. The Balaban J connectivity index is 2.02. The molecular weight excluding hydrogens is 324 g/mol. The minimum atomic E-state index is -0.712. The number of amides is 2. The standard InChI is InChI=1S/C15H20N8O2/c1-9(19-14(25)10-4-6-18-7-5-10)8-23(3)15-20-13(17-2)11(12(16)24)21-22-15/h4-7,9H,8H2,1-3H3,(H2,16,24)(H,19,25)(H,17,20,22). The van der Waals surface area contributed by atoms with Crippen molar-refractivity contribution < 1.29 is 9.59 Å². The molecule has 0 saturated heterocycles. The summed E-state index contributed by atoms with van der Waals surface area (Å²) >= 11 is 0. The van der Waals surface area contributed by atoms with E-state index in [1.807, 2.05) is 6.92 Å². The van der Waals surface area contributed by atoms with Crippen molar-refractivity contribution in [1.29, 1.82) is 0 Å². The van der Waals surface area contributed by atoms with Gasteiger partial charge in [-0.25, -0.2) is 0 Å². The summed E-state index contributed by atoms with van der Waals surface area (Å²) in [5.74, 6) is -0.351. The van der Waals surface area contributed by atoms with Crippen LogP contribution in [0.4, 0.5) is 11.8 Å². The first-order valence-corrected chi connectivity index (χ1v) is 7.56. The van der Waals surface area contributed by atoms with Gasteiger partial charge in [0.1, 0.15) is 0 Å². The lowest BCUT2D eigenvalue weighted by molar-refractivity contribution is 0.0939. The van der Waals surface area contributed by atoms with Gasteiger partial charge in [0.15, 0.2) is 11.5 Å². The SMILES string of the molecule is CNc1nc(N(C)CC(C)NC(=O)c2ccncc2)nnc1C(N)=O. The van der Waals surface area contributed by atoms with Crippen molar-refractivity contribution in [2.24, 2.45) is 5.73 Å². The maximum absolute atomic E-state index is 12.1. The number of nitrogens with one attached hydrogen (secondary N) is 2. The summed E-state index contributed by atoms with van der Waals surface area (Å²) in [7, 11) is 3.37. The molecule has 4 N–H and O–H groups in total. The Hall–Kier alpha value is -3.30. The maximum Gasteiger partial charge on any atom is 0.273 e. The van der Waals surface area contributed by atoms with Crippen molar-refractivity contribution in [2.45, 2.75) is 13.0 Å². The highest BCUT2D eigenvalue weighted by molar-refractivity contribution is 5.95. The lowest BCUT2D eigenvalue weighted by Gasteiger charge is -2.22. The third kappa shape index (κ3) is 4.59. The fourth-order valence-corrected chi connectivity index (χ4v) is 2.17. The smallest absolute Gasteiger partial charge is 0.273 e. The van der Waals surface area contributed by atoms with Gasteiger partial charge in [0.25, 0.3) is 11.8 Å². The van der Waals surface area contributed by atoms with Crippen molar-refractivity contribution in [1.82, 2.24) is 25.5 Å². The molecular formula is C15H20N8O2. The molecule has 1 unspecified atom stereocenters. The third-order valence-electron chi connectivity index (χ3n) is 3.35.